The minimum absolute atomic E-state index is 0.0430. The summed E-state index contributed by atoms with van der Waals surface area (Å²) in [5.74, 6) is -0.348. The number of nitrogens with zero attached hydrogens (tertiary/aromatic N) is 7. The average molecular weight is 866 g/mol. The van der Waals surface area contributed by atoms with Crippen molar-refractivity contribution in [1.82, 2.24) is 43.8 Å². The van der Waals surface area contributed by atoms with E-state index in [4.69, 9.17) is 39.6 Å². The third kappa shape index (κ3) is 8.94. The highest BCUT2D eigenvalue weighted by molar-refractivity contribution is 7.84. The Bertz CT molecular complexity index is 2390. The molecule has 0 radical (unpaired) electrons. The molecule has 34 heteroatoms. The molecule has 6 rings (SSSR count). The summed E-state index contributed by atoms with van der Waals surface area (Å²) in [4.78, 5) is 71.4. The van der Waals surface area contributed by atoms with E-state index < -0.39 is 102 Å². The number of phosphoric ester groups is 1. The van der Waals surface area contributed by atoms with Crippen molar-refractivity contribution in [2.24, 2.45) is 0 Å². The number of hydrogen-bond acceptors (Lipinski definition) is 22. The van der Waals surface area contributed by atoms with Crippen LogP contribution >= 0.6 is 23.5 Å². The zero-order chi connectivity index (χ0) is 40.2. The number of aliphatic hydroxyl groups excluding tert-OH is 2. The normalized spacial score (nSPS) is 28.5. The minimum atomic E-state index is -5.94. The Morgan fingerprint density at radius 3 is 2.22 bits per heavy atom. The van der Waals surface area contributed by atoms with Crippen molar-refractivity contribution in [2.75, 3.05) is 31.7 Å². The number of rotatable bonds is 15. The van der Waals surface area contributed by atoms with Crippen LogP contribution in [0.4, 0.5) is 11.8 Å². The summed E-state index contributed by atoms with van der Waals surface area (Å²) in [6, 6.07) is 0. The number of aromatic nitrogens is 8. The Morgan fingerprint density at radius 2 is 1.55 bits per heavy atom. The van der Waals surface area contributed by atoms with Crippen LogP contribution in [-0.2, 0) is 55.5 Å². The van der Waals surface area contributed by atoms with E-state index >= 15 is 0 Å². The smallest absolute Gasteiger partial charge is 0.387 e. The van der Waals surface area contributed by atoms with E-state index in [2.05, 4.69) is 43.0 Å². The summed E-state index contributed by atoms with van der Waals surface area (Å²) in [5.41, 5.74) is 10.6. The molecule has 2 fully saturated rings. The van der Waals surface area contributed by atoms with E-state index in [0.29, 0.717) is 0 Å². The number of H-pyrrole nitrogens is 1. The molecular formula is C21H30N11O19P3S. The molecule has 304 valence electrons. The fraction of sp³-hybridized carbons (Fsp3) is 0.524. The molecule has 0 bridgehead atoms. The number of phosphoric acid groups is 3. The Balaban J connectivity index is 1.21. The molecule has 4 aromatic rings. The molecular weight excluding hydrogens is 835 g/mol. The second-order valence-electron chi connectivity index (χ2n) is 11.4. The van der Waals surface area contributed by atoms with Gasteiger partial charge in [0.15, 0.2) is 35.1 Å². The first-order chi connectivity index (χ1) is 25.6. The molecule has 0 aliphatic carbocycles. The van der Waals surface area contributed by atoms with E-state index in [0.717, 1.165) is 30.7 Å². The van der Waals surface area contributed by atoms with Crippen LogP contribution in [0.25, 0.3) is 22.3 Å². The number of fused-ring (bicyclic) bond motifs is 2. The lowest BCUT2D eigenvalue weighted by Gasteiger charge is -2.24. The van der Waals surface area contributed by atoms with Crippen LogP contribution in [0.1, 0.15) is 12.5 Å². The molecule has 0 saturated carbocycles. The second kappa shape index (κ2) is 15.2. The number of ether oxygens (including phenoxy) is 3. The number of aromatic amines is 1. The Morgan fingerprint density at radius 1 is 0.891 bits per heavy atom. The molecule has 12 N–H and O–H groups in total. The van der Waals surface area contributed by atoms with E-state index in [1.165, 1.54) is 4.57 Å². The highest BCUT2D eigenvalue weighted by Crippen LogP contribution is 2.66. The van der Waals surface area contributed by atoms with Crippen LogP contribution in [0.15, 0.2) is 23.8 Å². The lowest BCUT2D eigenvalue weighted by Crippen LogP contribution is -2.45. The van der Waals surface area contributed by atoms with Crippen molar-refractivity contribution in [1.29, 1.82) is 0 Å². The van der Waals surface area contributed by atoms with Gasteiger partial charge in [-0.25, -0.2) is 37.8 Å². The van der Waals surface area contributed by atoms with Gasteiger partial charge in [-0.2, -0.15) is 26.7 Å². The van der Waals surface area contributed by atoms with Gasteiger partial charge in [0, 0.05) is 13.7 Å². The topological polar surface area (TPSA) is 443 Å². The van der Waals surface area contributed by atoms with E-state index in [1.54, 1.807) is 0 Å². The van der Waals surface area contributed by atoms with Crippen LogP contribution < -0.4 is 21.7 Å². The van der Waals surface area contributed by atoms with Gasteiger partial charge in [0.05, 0.1) is 19.3 Å². The fourth-order valence-corrected chi connectivity index (χ4v) is 9.57. The quantitative estimate of drug-likeness (QED) is 0.0513. The number of nitrogens with two attached hydrogens (primary N) is 2. The van der Waals surface area contributed by atoms with Gasteiger partial charge in [0.1, 0.15) is 48.5 Å². The van der Waals surface area contributed by atoms with Gasteiger partial charge in [-0.3, -0.25) is 23.4 Å². The number of hydrogen-bond donors (Lipinski definition) is 10. The first kappa shape index (κ1) is 41.2. The number of methoxy groups -OCH3 is 1. The molecule has 2 aliphatic heterocycles. The van der Waals surface area contributed by atoms with Gasteiger partial charge in [0.2, 0.25) is 5.95 Å². The van der Waals surface area contributed by atoms with Crippen molar-refractivity contribution in [3.63, 3.8) is 0 Å². The molecule has 2 unspecified atom stereocenters. The molecule has 0 amide bonds. The number of nitrogens with one attached hydrogen (secondary N) is 2. The van der Waals surface area contributed by atoms with Crippen molar-refractivity contribution in [2.45, 2.75) is 49.1 Å². The van der Waals surface area contributed by atoms with E-state index in [9.17, 15) is 46.9 Å². The summed E-state index contributed by atoms with van der Waals surface area (Å²) in [7, 11) is -21.3. The number of anilines is 2. The largest absolute Gasteiger partial charge is 0.490 e. The van der Waals surface area contributed by atoms with Crippen molar-refractivity contribution >= 4 is 67.9 Å². The van der Waals surface area contributed by atoms with Crippen molar-refractivity contribution in [3.05, 3.63) is 29.3 Å². The molecule has 10 atom stereocenters. The molecule has 2 saturated heterocycles. The zero-order valence-corrected chi connectivity index (χ0v) is 30.8. The monoisotopic (exact) mass is 865 g/mol. The fourth-order valence-electron chi connectivity index (χ4n) is 5.58. The summed E-state index contributed by atoms with van der Waals surface area (Å²) >= 11 is 0. The number of nitrogen functional groups attached to an aromatic ring is 2. The molecule has 0 spiro atoms. The van der Waals surface area contributed by atoms with Gasteiger partial charge < -0.3 is 55.5 Å². The molecule has 4 aromatic heterocycles. The maximum absolute atomic E-state index is 13.4. The zero-order valence-electron chi connectivity index (χ0n) is 27.3. The predicted molar refractivity (Wildman–Crippen MR) is 175 cm³/mol. The second-order valence-corrected chi connectivity index (χ2v) is 17.2. The molecule has 0 aromatic carbocycles. The summed E-state index contributed by atoms with van der Waals surface area (Å²) in [5, 5.41) is 21.5. The minimum Gasteiger partial charge on any atom is -0.387 e. The molecule has 55 heavy (non-hydrogen) atoms. The third-order valence-electron chi connectivity index (χ3n) is 7.80. The van der Waals surface area contributed by atoms with Crippen LogP contribution in [0.5, 0.6) is 0 Å². The standard InChI is InChI=1S/C21H30N11O19P3S/c1-45-14-13(49-55(43,44)28-2-7-11(33)12(34)19(47-7)32-6-27-10-17(32)29-21(23)30-18(10)35)8(3-46-53(39,40)51-54(41,42)50-52(36,37)38)48-20(14)31-5-26-9-15(22)24-4-25-16(9)31/h4-8,11-14,19-20,28,33-34H,2-3H2,1H3,(H,39,40)(H,41,42)(H2,22,24,25)(H2,36,37,38)(H3,23,29,30,35)/t7-,8-,11-,12-,13-,14-,19-,20-/m1/s1. The average Bonchev–Trinajstić information content (AvgIpc) is 3.82. The first-order valence-corrected chi connectivity index (χ1v) is 20.8. The SMILES string of the molecule is CO[C@@H]1[C@H](OS(=O)(=O)NC[C@H]2O[C@@H](n3cnc4c(=O)[nH]c(N)nc43)[C@H](O)[C@@H]2O)[C@@H](COP(=O)(O)OP(=O)(O)OP(=O)(O)O)O[C@H]1n1cnc2c(N)ncnc21. The Kier molecular flexibility index (Phi) is 11.4. The lowest BCUT2D eigenvalue weighted by atomic mass is 10.1. The van der Waals surface area contributed by atoms with Crippen molar-refractivity contribution in [3.8, 4) is 0 Å². The van der Waals surface area contributed by atoms with Crippen LogP contribution in [-0.4, -0.2) is 134 Å². The van der Waals surface area contributed by atoms with Gasteiger partial charge >= 0.3 is 33.8 Å². The Hall–Kier alpha value is -3.42. The van der Waals surface area contributed by atoms with E-state index in [-0.39, 0.29) is 34.1 Å². The first-order valence-electron chi connectivity index (χ1n) is 14.9. The van der Waals surface area contributed by atoms with Crippen LogP contribution in [0.3, 0.4) is 0 Å². The molecule has 6 heterocycles. The van der Waals surface area contributed by atoms with E-state index in [1.807, 2.05) is 4.72 Å². The maximum Gasteiger partial charge on any atom is 0.490 e. The highest BCUT2D eigenvalue weighted by atomic mass is 32.2. The Labute approximate surface area is 305 Å². The van der Waals surface area contributed by atoms with Gasteiger partial charge in [0.25, 0.3) is 5.56 Å². The molecule has 30 nitrogen and oxygen atoms in total. The van der Waals surface area contributed by atoms with Crippen LogP contribution in [0.2, 0.25) is 0 Å². The van der Waals surface area contributed by atoms with Crippen molar-refractivity contribution < 1.29 is 83.4 Å². The summed E-state index contributed by atoms with van der Waals surface area (Å²) in [6.07, 6.45) is -9.54. The molecule has 2 aliphatic rings. The highest BCUT2D eigenvalue weighted by Gasteiger charge is 2.52. The number of aliphatic hydroxyl groups is 2. The van der Waals surface area contributed by atoms with Crippen LogP contribution in [0, 0.1) is 0 Å². The number of imidazole rings is 2. The van der Waals surface area contributed by atoms with Gasteiger partial charge in [-0.15, -0.1) is 0 Å². The lowest BCUT2D eigenvalue weighted by molar-refractivity contribution is -0.0577. The van der Waals surface area contributed by atoms with Gasteiger partial charge in [-0.05, 0) is 0 Å². The summed E-state index contributed by atoms with van der Waals surface area (Å²) in [6.45, 7) is -1.95. The summed E-state index contributed by atoms with van der Waals surface area (Å²) < 4.78 is 101. The maximum atomic E-state index is 13.4. The van der Waals surface area contributed by atoms with Gasteiger partial charge in [-0.1, -0.05) is 0 Å². The predicted octanol–water partition coefficient (Wildman–Crippen LogP) is -3.78. The third-order valence-corrected chi connectivity index (χ3v) is 12.6.